The zero-order valence-corrected chi connectivity index (χ0v) is 17.7. The van der Waals surface area contributed by atoms with Gasteiger partial charge in [0.15, 0.2) is 5.79 Å². The van der Waals surface area contributed by atoms with Crippen molar-refractivity contribution < 1.29 is 36.6 Å². The maximum absolute atomic E-state index is 13.5. The SMILES string of the molecule is CC1(C)OC[C@H](c2cccc(-c3ccc(Oc4ccc(F)cc4C(=O)C(F)(F)F)cc3)n2)O1. The number of pyridine rings is 1. The van der Waals surface area contributed by atoms with Gasteiger partial charge in [0.2, 0.25) is 0 Å². The predicted octanol–water partition coefficient (Wildman–Crippen LogP) is 6.25. The van der Waals surface area contributed by atoms with Gasteiger partial charge in [-0.15, -0.1) is 0 Å². The van der Waals surface area contributed by atoms with Gasteiger partial charge in [0.1, 0.15) is 23.4 Å². The third-order valence-corrected chi connectivity index (χ3v) is 4.93. The van der Waals surface area contributed by atoms with E-state index < -0.39 is 34.9 Å². The van der Waals surface area contributed by atoms with Crippen LogP contribution in [0.4, 0.5) is 17.6 Å². The number of aromatic nitrogens is 1. The first-order valence-corrected chi connectivity index (χ1v) is 10.00. The summed E-state index contributed by atoms with van der Waals surface area (Å²) in [4.78, 5) is 16.3. The van der Waals surface area contributed by atoms with E-state index in [4.69, 9.17) is 14.2 Å². The van der Waals surface area contributed by atoms with Gasteiger partial charge in [-0.3, -0.25) is 4.79 Å². The monoisotopic (exact) mass is 461 g/mol. The second kappa shape index (κ2) is 8.57. The quantitative estimate of drug-likeness (QED) is 0.332. The first-order chi connectivity index (χ1) is 15.5. The second-order valence-corrected chi connectivity index (χ2v) is 7.86. The molecular formula is C24H19F4NO4. The van der Waals surface area contributed by atoms with Crippen LogP contribution in [-0.4, -0.2) is 29.3 Å². The number of carbonyl (C=O) groups is 1. The molecule has 9 heteroatoms. The van der Waals surface area contributed by atoms with Crippen LogP contribution >= 0.6 is 0 Å². The van der Waals surface area contributed by atoms with Gasteiger partial charge in [-0.05, 0) is 68.4 Å². The third kappa shape index (κ3) is 5.20. The molecule has 1 aliphatic heterocycles. The van der Waals surface area contributed by atoms with E-state index in [1.54, 1.807) is 18.2 Å². The number of hydrogen-bond donors (Lipinski definition) is 0. The Morgan fingerprint density at radius 2 is 1.82 bits per heavy atom. The van der Waals surface area contributed by atoms with Crippen molar-refractivity contribution in [3.05, 3.63) is 77.7 Å². The average Bonchev–Trinajstić information content (AvgIpc) is 3.14. The minimum atomic E-state index is -5.16. The molecule has 1 atom stereocenters. The van der Waals surface area contributed by atoms with Crippen LogP contribution in [0.2, 0.25) is 0 Å². The van der Waals surface area contributed by atoms with Gasteiger partial charge >= 0.3 is 6.18 Å². The largest absolute Gasteiger partial charge is 0.457 e. The number of rotatable bonds is 5. The van der Waals surface area contributed by atoms with Crippen molar-refractivity contribution in [2.24, 2.45) is 0 Å². The van der Waals surface area contributed by atoms with Gasteiger partial charge in [-0.2, -0.15) is 13.2 Å². The number of benzene rings is 2. The Morgan fingerprint density at radius 1 is 1.09 bits per heavy atom. The standard InChI is InChI=1S/C24H19F4NO4/c1-23(2)31-13-21(33-23)19-5-3-4-18(29-19)14-6-9-16(10-7-14)32-20-11-8-15(25)12-17(20)22(30)24(26,27)28/h3-12,21H,13H2,1-2H3/t21-/m1/s1. The molecular weight excluding hydrogens is 442 g/mol. The smallest absolute Gasteiger partial charge is 0.455 e. The fraction of sp³-hybridized carbons (Fsp3) is 0.250. The van der Waals surface area contributed by atoms with Gasteiger partial charge in [0.25, 0.3) is 5.78 Å². The van der Waals surface area contributed by atoms with E-state index in [0.29, 0.717) is 24.1 Å². The Hall–Kier alpha value is -3.30. The van der Waals surface area contributed by atoms with E-state index in [0.717, 1.165) is 17.7 Å². The van der Waals surface area contributed by atoms with E-state index in [9.17, 15) is 22.4 Å². The average molecular weight is 461 g/mol. The zero-order chi connectivity index (χ0) is 23.8. The molecule has 1 aromatic heterocycles. The van der Waals surface area contributed by atoms with Crippen LogP contribution in [0.5, 0.6) is 11.5 Å². The van der Waals surface area contributed by atoms with Gasteiger partial charge in [0.05, 0.1) is 23.6 Å². The fourth-order valence-electron chi connectivity index (χ4n) is 3.37. The lowest BCUT2D eigenvalue weighted by atomic mass is 10.1. The molecule has 3 aromatic rings. The van der Waals surface area contributed by atoms with Gasteiger partial charge in [0, 0.05) is 5.56 Å². The van der Waals surface area contributed by atoms with Crippen molar-refractivity contribution >= 4 is 5.78 Å². The number of Topliss-reactive ketones (excluding diaryl/α,β-unsaturated/α-hetero) is 1. The van der Waals surface area contributed by atoms with Crippen molar-refractivity contribution in [1.29, 1.82) is 0 Å². The van der Waals surface area contributed by atoms with Crippen LogP contribution in [-0.2, 0) is 9.47 Å². The Morgan fingerprint density at radius 3 is 2.45 bits per heavy atom. The van der Waals surface area contributed by atoms with Crippen LogP contribution in [0.25, 0.3) is 11.3 Å². The minimum Gasteiger partial charge on any atom is -0.457 e. The summed E-state index contributed by atoms with van der Waals surface area (Å²) >= 11 is 0. The molecule has 2 aromatic carbocycles. The fourth-order valence-corrected chi connectivity index (χ4v) is 3.37. The second-order valence-electron chi connectivity index (χ2n) is 7.86. The molecule has 0 N–H and O–H groups in total. The Labute approximate surface area is 186 Å². The molecule has 0 radical (unpaired) electrons. The summed E-state index contributed by atoms with van der Waals surface area (Å²) in [6.45, 7) is 4.03. The summed E-state index contributed by atoms with van der Waals surface area (Å²) in [6.07, 6.45) is -5.46. The van der Waals surface area contributed by atoms with E-state index in [1.807, 2.05) is 26.0 Å². The highest BCUT2D eigenvalue weighted by Crippen LogP contribution is 2.34. The van der Waals surface area contributed by atoms with Crippen molar-refractivity contribution in [3.8, 4) is 22.8 Å². The number of halogens is 4. The molecule has 1 saturated heterocycles. The number of ketones is 1. The van der Waals surface area contributed by atoms with Crippen LogP contribution in [0.3, 0.4) is 0 Å². The maximum atomic E-state index is 13.5. The molecule has 0 bridgehead atoms. The predicted molar refractivity (Wildman–Crippen MR) is 110 cm³/mol. The topological polar surface area (TPSA) is 57.7 Å². The lowest BCUT2D eigenvalue weighted by Gasteiger charge is -2.17. The molecule has 4 rings (SSSR count). The lowest BCUT2D eigenvalue weighted by molar-refractivity contribution is -0.139. The first kappa shape index (κ1) is 22.9. The number of alkyl halides is 3. The number of hydrogen-bond acceptors (Lipinski definition) is 5. The van der Waals surface area contributed by atoms with Crippen molar-refractivity contribution in [2.75, 3.05) is 6.61 Å². The van der Waals surface area contributed by atoms with Crippen molar-refractivity contribution in [3.63, 3.8) is 0 Å². The normalized spacial score (nSPS) is 17.7. The summed E-state index contributed by atoms with van der Waals surface area (Å²) in [5.74, 6) is -4.07. The van der Waals surface area contributed by atoms with E-state index in [1.165, 1.54) is 12.1 Å². The zero-order valence-electron chi connectivity index (χ0n) is 17.7. The van der Waals surface area contributed by atoms with E-state index >= 15 is 0 Å². The number of nitrogens with zero attached hydrogens (tertiary/aromatic N) is 1. The molecule has 0 saturated carbocycles. The van der Waals surface area contributed by atoms with Gasteiger partial charge in [-0.25, -0.2) is 9.37 Å². The highest BCUT2D eigenvalue weighted by Gasteiger charge is 2.41. The minimum absolute atomic E-state index is 0.173. The summed E-state index contributed by atoms with van der Waals surface area (Å²) in [5.41, 5.74) is 1.19. The number of carbonyl (C=O) groups excluding carboxylic acids is 1. The van der Waals surface area contributed by atoms with E-state index in [-0.39, 0.29) is 11.9 Å². The molecule has 0 aliphatic carbocycles. The van der Waals surface area contributed by atoms with Crippen molar-refractivity contribution in [1.82, 2.24) is 4.98 Å². The van der Waals surface area contributed by atoms with E-state index in [2.05, 4.69) is 4.98 Å². The van der Waals surface area contributed by atoms with Crippen LogP contribution in [0.15, 0.2) is 60.7 Å². The molecule has 172 valence electrons. The van der Waals surface area contributed by atoms with Gasteiger partial charge in [-0.1, -0.05) is 6.07 Å². The molecule has 0 spiro atoms. The van der Waals surface area contributed by atoms with Crippen LogP contribution < -0.4 is 4.74 Å². The Bertz CT molecular complexity index is 1180. The summed E-state index contributed by atoms with van der Waals surface area (Å²) in [5, 5.41) is 0. The van der Waals surface area contributed by atoms with Crippen molar-refractivity contribution in [2.45, 2.75) is 31.9 Å². The lowest BCUT2D eigenvalue weighted by Crippen LogP contribution is -2.23. The van der Waals surface area contributed by atoms with Crippen LogP contribution in [0, 0.1) is 5.82 Å². The summed E-state index contributed by atoms with van der Waals surface area (Å²) in [7, 11) is 0. The maximum Gasteiger partial charge on any atom is 0.455 e. The van der Waals surface area contributed by atoms with Crippen LogP contribution in [0.1, 0.15) is 36.0 Å². The highest BCUT2D eigenvalue weighted by molar-refractivity contribution is 6.02. The molecule has 1 fully saturated rings. The number of ether oxygens (including phenoxy) is 3. The Balaban J connectivity index is 1.55. The third-order valence-electron chi connectivity index (χ3n) is 4.93. The molecule has 2 heterocycles. The molecule has 0 unspecified atom stereocenters. The highest BCUT2D eigenvalue weighted by atomic mass is 19.4. The summed E-state index contributed by atoms with van der Waals surface area (Å²) < 4.78 is 68.9. The molecule has 33 heavy (non-hydrogen) atoms. The molecule has 5 nitrogen and oxygen atoms in total. The molecule has 1 aliphatic rings. The summed E-state index contributed by atoms with van der Waals surface area (Å²) in [6, 6.07) is 14.3. The first-order valence-electron chi connectivity index (χ1n) is 10.00. The Kier molecular flexibility index (Phi) is 5.94. The molecule has 0 amide bonds. The van der Waals surface area contributed by atoms with Gasteiger partial charge < -0.3 is 14.2 Å².